The first kappa shape index (κ1) is 14.5. The van der Waals surface area contributed by atoms with Crippen LogP contribution in [0.4, 0.5) is 0 Å². The van der Waals surface area contributed by atoms with E-state index in [2.05, 4.69) is 17.1 Å². The lowest BCUT2D eigenvalue weighted by atomic mass is 9.94. The van der Waals surface area contributed by atoms with E-state index in [0.29, 0.717) is 11.5 Å². The average Bonchev–Trinajstić information content (AvgIpc) is 2.90. The van der Waals surface area contributed by atoms with E-state index in [-0.39, 0.29) is 25.3 Å². The summed E-state index contributed by atoms with van der Waals surface area (Å²) >= 11 is 0. The first-order valence-electron chi connectivity index (χ1n) is 7.94. The van der Waals surface area contributed by atoms with Gasteiger partial charge in [-0.15, -0.1) is 0 Å². The summed E-state index contributed by atoms with van der Waals surface area (Å²) in [5.41, 5.74) is 4.27. The first-order chi connectivity index (χ1) is 12.0. The Balaban J connectivity index is 1.68. The van der Waals surface area contributed by atoms with Gasteiger partial charge in [-0.1, -0.05) is 6.07 Å². The number of hydrogen-bond donors (Lipinski definition) is 1. The molecule has 8 heteroatoms. The summed E-state index contributed by atoms with van der Waals surface area (Å²) < 4.78 is 22.4. The van der Waals surface area contributed by atoms with Gasteiger partial charge in [-0.05, 0) is 24.6 Å². The van der Waals surface area contributed by atoms with Gasteiger partial charge in [0.2, 0.25) is 6.79 Å². The molecule has 0 bridgehead atoms. The molecule has 4 aliphatic rings. The van der Waals surface area contributed by atoms with Crippen molar-refractivity contribution in [2.24, 2.45) is 21.6 Å². The summed E-state index contributed by atoms with van der Waals surface area (Å²) in [5.74, 6) is -0.775. The molecule has 8 nitrogen and oxygen atoms in total. The molecule has 5 rings (SSSR count). The summed E-state index contributed by atoms with van der Waals surface area (Å²) in [6.07, 6.45) is -0.241. The van der Waals surface area contributed by atoms with Crippen LogP contribution in [0.15, 0.2) is 23.2 Å². The van der Waals surface area contributed by atoms with Crippen LogP contribution in [0.2, 0.25) is 0 Å². The molecule has 2 N–H and O–H groups in total. The normalized spacial score (nSPS) is 42.6. The zero-order valence-electron chi connectivity index (χ0n) is 13.4. The van der Waals surface area contributed by atoms with E-state index in [9.17, 15) is 10.5 Å². The Morgan fingerprint density at radius 1 is 1.24 bits per heavy atom. The highest BCUT2D eigenvalue weighted by molar-refractivity contribution is 6.00. The minimum atomic E-state index is -1.54. The SMILES string of the molecule is C[C@@H]1CO[C@]2(N=C(N)[C@@]3(C#N)[C@@H](c4ccc5c(c4)OCO5)[C@@]23C#N)O1. The van der Waals surface area contributed by atoms with Crippen molar-refractivity contribution in [1.29, 1.82) is 10.5 Å². The number of fused-ring (bicyclic) bond motifs is 3. The molecule has 25 heavy (non-hydrogen) atoms. The van der Waals surface area contributed by atoms with Crippen LogP contribution in [0, 0.1) is 33.5 Å². The minimum Gasteiger partial charge on any atom is -0.454 e. The van der Waals surface area contributed by atoms with Crippen molar-refractivity contribution in [2.75, 3.05) is 13.4 Å². The number of nitrogens with two attached hydrogens (primary N) is 1. The van der Waals surface area contributed by atoms with Gasteiger partial charge in [0.25, 0.3) is 5.91 Å². The third-order valence-corrected chi connectivity index (χ3v) is 5.53. The maximum absolute atomic E-state index is 10.1. The van der Waals surface area contributed by atoms with Gasteiger partial charge in [-0.25, -0.2) is 4.99 Å². The van der Waals surface area contributed by atoms with Crippen molar-refractivity contribution in [3.05, 3.63) is 23.8 Å². The van der Waals surface area contributed by atoms with E-state index >= 15 is 0 Å². The maximum Gasteiger partial charge on any atom is 0.293 e. The molecular formula is C17H14N4O4. The highest BCUT2D eigenvalue weighted by Gasteiger charge is 2.94. The number of benzene rings is 1. The Morgan fingerprint density at radius 2 is 2.04 bits per heavy atom. The van der Waals surface area contributed by atoms with Crippen LogP contribution in [0.25, 0.3) is 0 Å². The number of hydrogen-bond acceptors (Lipinski definition) is 8. The minimum absolute atomic E-state index is 0.0771. The molecule has 2 fully saturated rings. The zero-order valence-corrected chi connectivity index (χ0v) is 13.4. The second-order valence-electron chi connectivity index (χ2n) is 6.70. The number of nitriles is 2. The average molecular weight is 338 g/mol. The smallest absolute Gasteiger partial charge is 0.293 e. The predicted octanol–water partition coefficient (Wildman–Crippen LogP) is 0.992. The maximum atomic E-state index is 10.1. The van der Waals surface area contributed by atoms with Crippen LogP contribution in [-0.4, -0.2) is 31.3 Å². The van der Waals surface area contributed by atoms with Gasteiger partial charge in [-0.2, -0.15) is 10.5 Å². The summed E-state index contributed by atoms with van der Waals surface area (Å²) in [6, 6.07) is 9.85. The first-order valence-corrected chi connectivity index (χ1v) is 7.94. The number of aliphatic imine (C=N–C) groups is 1. The Labute approximate surface area is 143 Å². The molecule has 5 atom stereocenters. The fraction of sp³-hybridized carbons (Fsp3) is 0.471. The topological polar surface area (TPSA) is 123 Å². The molecule has 0 aromatic heterocycles. The third kappa shape index (κ3) is 1.34. The third-order valence-electron chi connectivity index (χ3n) is 5.53. The van der Waals surface area contributed by atoms with Crippen LogP contribution in [0.3, 0.4) is 0 Å². The molecule has 1 spiro atoms. The Bertz CT molecular complexity index is 918. The number of amidine groups is 1. The number of rotatable bonds is 1. The van der Waals surface area contributed by atoms with Crippen LogP contribution >= 0.6 is 0 Å². The van der Waals surface area contributed by atoms with Gasteiger partial charge in [0.1, 0.15) is 11.3 Å². The van der Waals surface area contributed by atoms with Gasteiger partial charge < -0.3 is 24.7 Å². The van der Waals surface area contributed by atoms with Crippen LogP contribution in [0.1, 0.15) is 18.4 Å². The molecule has 1 aliphatic carbocycles. The summed E-state index contributed by atoms with van der Waals surface area (Å²) in [6.45, 7) is 2.26. The summed E-state index contributed by atoms with van der Waals surface area (Å²) in [7, 11) is 0. The van der Waals surface area contributed by atoms with E-state index in [1.54, 1.807) is 12.1 Å². The Hall–Kier alpha value is -2.81. The molecular weight excluding hydrogens is 324 g/mol. The molecule has 3 aliphatic heterocycles. The van der Waals surface area contributed by atoms with Gasteiger partial charge in [0, 0.05) is 5.92 Å². The molecule has 3 heterocycles. The summed E-state index contributed by atoms with van der Waals surface area (Å²) in [4.78, 5) is 4.28. The van der Waals surface area contributed by atoms with Crippen LogP contribution < -0.4 is 15.2 Å². The van der Waals surface area contributed by atoms with Crippen molar-refractivity contribution in [3.63, 3.8) is 0 Å². The Kier molecular flexibility index (Phi) is 2.46. The fourth-order valence-corrected chi connectivity index (χ4v) is 4.45. The van der Waals surface area contributed by atoms with E-state index in [4.69, 9.17) is 24.7 Å². The zero-order chi connectivity index (χ0) is 17.4. The molecule has 1 saturated carbocycles. The molecule has 126 valence electrons. The molecule has 1 aromatic carbocycles. The van der Waals surface area contributed by atoms with Crippen LogP contribution in [-0.2, 0) is 9.47 Å². The highest BCUT2D eigenvalue weighted by atomic mass is 16.8. The second-order valence-corrected chi connectivity index (χ2v) is 6.70. The monoisotopic (exact) mass is 338 g/mol. The standard InChI is InChI=1S/C17H14N4O4/c1-9-5-24-17(25-9)16(7-19)13(15(16,6-18)14(20)21-17)10-2-3-11-12(4-10)23-8-22-11/h2-4,9,13H,5,8H2,1H3,(H2,20,21)/t9-,13-,15-,16-,17+/m1/s1. The fourth-order valence-electron chi connectivity index (χ4n) is 4.45. The number of ether oxygens (including phenoxy) is 4. The molecule has 0 radical (unpaired) electrons. The highest BCUT2D eigenvalue weighted by Crippen LogP contribution is 2.82. The van der Waals surface area contributed by atoms with Gasteiger partial charge in [0.05, 0.1) is 24.8 Å². The predicted molar refractivity (Wildman–Crippen MR) is 82.3 cm³/mol. The molecule has 1 aromatic rings. The summed E-state index contributed by atoms with van der Waals surface area (Å²) in [5, 5.41) is 20.0. The number of nitrogens with zero attached hydrogens (tertiary/aromatic N) is 3. The van der Waals surface area contributed by atoms with Gasteiger partial charge in [-0.3, -0.25) is 0 Å². The lowest BCUT2D eigenvalue weighted by Crippen LogP contribution is -2.39. The van der Waals surface area contributed by atoms with E-state index in [1.165, 1.54) is 0 Å². The van der Waals surface area contributed by atoms with E-state index in [1.807, 2.05) is 13.0 Å². The van der Waals surface area contributed by atoms with E-state index in [0.717, 1.165) is 5.56 Å². The lowest BCUT2D eigenvalue weighted by Gasteiger charge is -2.26. The van der Waals surface area contributed by atoms with Crippen molar-refractivity contribution >= 4 is 5.84 Å². The second kappa shape index (κ2) is 4.23. The molecule has 1 saturated heterocycles. The quantitative estimate of drug-likeness (QED) is 0.810. The van der Waals surface area contributed by atoms with Crippen molar-refractivity contribution in [2.45, 2.75) is 24.9 Å². The molecule has 0 amide bonds. The van der Waals surface area contributed by atoms with Crippen molar-refractivity contribution < 1.29 is 18.9 Å². The van der Waals surface area contributed by atoms with Crippen molar-refractivity contribution in [1.82, 2.24) is 0 Å². The lowest BCUT2D eigenvalue weighted by molar-refractivity contribution is -0.193. The van der Waals surface area contributed by atoms with Gasteiger partial charge >= 0.3 is 0 Å². The van der Waals surface area contributed by atoms with Crippen molar-refractivity contribution in [3.8, 4) is 23.6 Å². The Morgan fingerprint density at radius 3 is 2.72 bits per heavy atom. The largest absolute Gasteiger partial charge is 0.454 e. The van der Waals surface area contributed by atoms with Gasteiger partial charge in [0.15, 0.2) is 16.9 Å². The van der Waals surface area contributed by atoms with E-state index < -0.39 is 22.7 Å². The van der Waals surface area contributed by atoms with Crippen LogP contribution in [0.5, 0.6) is 11.5 Å². The molecule has 0 unspecified atom stereocenters.